The van der Waals surface area contributed by atoms with Crippen molar-refractivity contribution in [2.75, 3.05) is 0 Å². The summed E-state index contributed by atoms with van der Waals surface area (Å²) in [6.45, 7) is 6.35. The molecule has 0 spiro atoms. The van der Waals surface area contributed by atoms with Crippen molar-refractivity contribution in [3.05, 3.63) is 0 Å². The maximum Gasteiger partial charge on any atom is 0.306 e. The fraction of sp³-hybridized carbons (Fsp3) is 0.929. The summed E-state index contributed by atoms with van der Waals surface area (Å²) in [4.78, 5) is 11.6. The van der Waals surface area contributed by atoms with Gasteiger partial charge in [0.15, 0.2) is 0 Å². The van der Waals surface area contributed by atoms with Gasteiger partial charge in [-0.15, -0.1) is 0 Å². The molecule has 0 aliphatic heterocycles. The molecular formula is C14H26O2. The van der Waals surface area contributed by atoms with E-state index in [1.807, 2.05) is 6.92 Å². The van der Waals surface area contributed by atoms with Crippen LogP contribution >= 0.6 is 0 Å². The van der Waals surface area contributed by atoms with Gasteiger partial charge >= 0.3 is 5.97 Å². The molecule has 1 aliphatic carbocycles. The van der Waals surface area contributed by atoms with Crippen LogP contribution in [-0.2, 0) is 9.53 Å². The zero-order valence-electron chi connectivity index (χ0n) is 11.0. The predicted molar refractivity (Wildman–Crippen MR) is 66.2 cm³/mol. The molecule has 1 rings (SSSR count). The fourth-order valence-corrected chi connectivity index (χ4v) is 2.65. The van der Waals surface area contributed by atoms with Gasteiger partial charge in [-0.2, -0.15) is 0 Å². The van der Waals surface area contributed by atoms with E-state index in [0.717, 1.165) is 6.42 Å². The van der Waals surface area contributed by atoms with Crippen LogP contribution in [-0.4, -0.2) is 12.1 Å². The van der Waals surface area contributed by atoms with Crippen LogP contribution in [0.25, 0.3) is 0 Å². The van der Waals surface area contributed by atoms with Gasteiger partial charge in [0.25, 0.3) is 0 Å². The summed E-state index contributed by atoms with van der Waals surface area (Å²) in [6.07, 6.45) is 8.04. The first kappa shape index (κ1) is 13.5. The minimum Gasteiger partial charge on any atom is -0.462 e. The van der Waals surface area contributed by atoms with Crippen molar-refractivity contribution in [2.24, 2.45) is 11.8 Å². The van der Waals surface area contributed by atoms with Crippen molar-refractivity contribution < 1.29 is 9.53 Å². The third kappa shape index (κ3) is 4.15. The topological polar surface area (TPSA) is 26.3 Å². The molecule has 16 heavy (non-hydrogen) atoms. The highest BCUT2D eigenvalue weighted by Crippen LogP contribution is 2.31. The molecule has 0 aromatic heterocycles. The average molecular weight is 226 g/mol. The summed E-state index contributed by atoms with van der Waals surface area (Å²) in [7, 11) is 0. The van der Waals surface area contributed by atoms with E-state index in [-0.39, 0.29) is 12.1 Å². The van der Waals surface area contributed by atoms with E-state index in [4.69, 9.17) is 4.74 Å². The van der Waals surface area contributed by atoms with Crippen LogP contribution in [0.3, 0.4) is 0 Å². The van der Waals surface area contributed by atoms with Crippen LogP contribution in [0.4, 0.5) is 0 Å². The minimum atomic E-state index is -0.00762. The van der Waals surface area contributed by atoms with Crippen molar-refractivity contribution in [3.63, 3.8) is 0 Å². The largest absolute Gasteiger partial charge is 0.462 e. The highest BCUT2D eigenvalue weighted by Gasteiger charge is 2.28. The van der Waals surface area contributed by atoms with Crippen LogP contribution in [0.2, 0.25) is 0 Å². The lowest BCUT2D eigenvalue weighted by Gasteiger charge is -2.32. The highest BCUT2D eigenvalue weighted by molar-refractivity contribution is 5.69. The second-order valence-electron chi connectivity index (χ2n) is 5.35. The molecule has 0 radical (unpaired) electrons. The fourth-order valence-electron chi connectivity index (χ4n) is 2.65. The first-order chi connectivity index (χ1) is 7.65. The van der Waals surface area contributed by atoms with Crippen molar-refractivity contribution in [2.45, 2.75) is 71.8 Å². The second kappa shape index (κ2) is 6.93. The Balaban J connectivity index is 2.48. The van der Waals surface area contributed by atoms with E-state index in [9.17, 15) is 4.79 Å². The summed E-state index contributed by atoms with van der Waals surface area (Å²) in [6, 6.07) is 0. The molecule has 1 atom stereocenters. The maximum atomic E-state index is 11.6. The van der Waals surface area contributed by atoms with Gasteiger partial charge in [0.05, 0.1) is 0 Å². The summed E-state index contributed by atoms with van der Waals surface area (Å²) < 4.78 is 5.65. The maximum absolute atomic E-state index is 11.6. The Morgan fingerprint density at radius 1 is 1.25 bits per heavy atom. The highest BCUT2D eigenvalue weighted by atomic mass is 16.5. The minimum absolute atomic E-state index is 0.00762. The molecule has 1 saturated carbocycles. The third-order valence-electron chi connectivity index (χ3n) is 3.49. The van der Waals surface area contributed by atoms with Crippen LogP contribution in [0.5, 0.6) is 0 Å². The van der Waals surface area contributed by atoms with Gasteiger partial charge in [0.1, 0.15) is 6.10 Å². The number of ether oxygens (including phenoxy) is 1. The van der Waals surface area contributed by atoms with E-state index >= 15 is 0 Å². The summed E-state index contributed by atoms with van der Waals surface area (Å²) >= 11 is 0. The van der Waals surface area contributed by atoms with Gasteiger partial charge in [-0.3, -0.25) is 4.79 Å². The van der Waals surface area contributed by atoms with Crippen molar-refractivity contribution in [1.82, 2.24) is 0 Å². The van der Waals surface area contributed by atoms with E-state index in [1.54, 1.807) is 0 Å². The molecule has 1 aliphatic rings. The van der Waals surface area contributed by atoms with Crippen molar-refractivity contribution in [3.8, 4) is 0 Å². The third-order valence-corrected chi connectivity index (χ3v) is 3.49. The average Bonchev–Trinajstić information content (AvgIpc) is 2.27. The smallest absolute Gasteiger partial charge is 0.306 e. The van der Waals surface area contributed by atoms with Gasteiger partial charge in [0.2, 0.25) is 0 Å². The molecule has 0 N–H and O–H groups in total. The molecule has 2 heteroatoms. The van der Waals surface area contributed by atoms with Gasteiger partial charge in [-0.05, 0) is 31.1 Å². The molecular weight excluding hydrogens is 200 g/mol. The van der Waals surface area contributed by atoms with Crippen molar-refractivity contribution in [1.29, 1.82) is 0 Å². The predicted octanol–water partition coefficient (Wildman–Crippen LogP) is 3.93. The van der Waals surface area contributed by atoms with Crippen LogP contribution in [0.15, 0.2) is 0 Å². The Kier molecular flexibility index (Phi) is 5.86. The lowest BCUT2D eigenvalue weighted by atomic mass is 9.81. The molecule has 1 fully saturated rings. The van der Waals surface area contributed by atoms with E-state index < -0.39 is 0 Å². The number of carbonyl (C=O) groups is 1. The lowest BCUT2D eigenvalue weighted by molar-refractivity contribution is -0.155. The van der Waals surface area contributed by atoms with E-state index in [1.165, 1.54) is 32.1 Å². The molecule has 0 aromatic rings. The second-order valence-corrected chi connectivity index (χ2v) is 5.35. The first-order valence-corrected chi connectivity index (χ1v) is 6.84. The van der Waals surface area contributed by atoms with E-state index in [0.29, 0.717) is 18.3 Å². The molecule has 2 nitrogen and oxygen atoms in total. The lowest BCUT2D eigenvalue weighted by Crippen LogP contribution is -2.33. The molecule has 0 bridgehead atoms. The zero-order chi connectivity index (χ0) is 12.0. The van der Waals surface area contributed by atoms with Gasteiger partial charge in [-0.1, -0.05) is 40.0 Å². The molecule has 94 valence electrons. The monoisotopic (exact) mass is 226 g/mol. The van der Waals surface area contributed by atoms with Crippen molar-refractivity contribution >= 4 is 5.97 Å². The molecule has 0 saturated heterocycles. The molecule has 0 amide bonds. The Hall–Kier alpha value is -0.530. The van der Waals surface area contributed by atoms with Gasteiger partial charge in [-0.25, -0.2) is 0 Å². The summed E-state index contributed by atoms with van der Waals surface area (Å²) in [5.41, 5.74) is 0. The quantitative estimate of drug-likeness (QED) is 0.664. The Morgan fingerprint density at radius 3 is 2.38 bits per heavy atom. The molecule has 0 heterocycles. The Labute approximate surface area is 99.8 Å². The summed E-state index contributed by atoms with van der Waals surface area (Å²) in [5.74, 6) is 1.05. The summed E-state index contributed by atoms with van der Waals surface area (Å²) in [5, 5.41) is 0. The zero-order valence-corrected chi connectivity index (χ0v) is 11.0. The molecule has 0 aromatic carbocycles. The SMILES string of the molecule is CCCC(=O)OC(C(C)C)C1CCCCC1. The number of hydrogen-bond donors (Lipinski definition) is 0. The number of hydrogen-bond acceptors (Lipinski definition) is 2. The molecule has 1 unspecified atom stereocenters. The van der Waals surface area contributed by atoms with E-state index in [2.05, 4.69) is 13.8 Å². The van der Waals surface area contributed by atoms with Crippen LogP contribution in [0.1, 0.15) is 65.7 Å². The first-order valence-electron chi connectivity index (χ1n) is 6.84. The number of carbonyl (C=O) groups excluding carboxylic acids is 1. The Morgan fingerprint density at radius 2 is 1.88 bits per heavy atom. The van der Waals surface area contributed by atoms with Crippen LogP contribution in [0, 0.1) is 11.8 Å². The normalized spacial score (nSPS) is 19.8. The standard InChI is InChI=1S/C14H26O2/c1-4-8-13(15)16-14(11(2)3)12-9-6-5-7-10-12/h11-12,14H,4-10H2,1-3H3. The number of esters is 1. The number of rotatable bonds is 5. The Bertz CT molecular complexity index is 205. The van der Waals surface area contributed by atoms with Gasteiger partial charge < -0.3 is 4.74 Å². The van der Waals surface area contributed by atoms with Crippen LogP contribution < -0.4 is 0 Å². The van der Waals surface area contributed by atoms with Gasteiger partial charge in [0, 0.05) is 6.42 Å².